The molecular weight excluding hydrogens is 617 g/mol. The predicted molar refractivity (Wildman–Crippen MR) is 217 cm³/mol. The van der Waals surface area contributed by atoms with Crippen molar-refractivity contribution in [3.63, 3.8) is 0 Å². The Kier molecular flexibility index (Phi) is 7.75. The maximum atomic E-state index is 2.44. The lowest BCUT2D eigenvalue weighted by atomic mass is 10.0. The zero-order valence-electron chi connectivity index (χ0n) is 28.4. The van der Waals surface area contributed by atoms with Crippen molar-refractivity contribution in [2.45, 2.75) is 6.92 Å². The number of rotatable bonds is 7. The van der Waals surface area contributed by atoms with E-state index in [9.17, 15) is 0 Å². The second kappa shape index (κ2) is 13.0. The molecule has 0 amide bonds. The molecule has 0 atom stereocenters. The van der Waals surface area contributed by atoms with Gasteiger partial charge in [-0.05, 0) is 83.3 Å². The zero-order valence-corrected chi connectivity index (χ0v) is 28.4. The summed E-state index contributed by atoms with van der Waals surface area (Å²) in [6, 6.07) is 72.3. The number of fused-ring (bicyclic) bond motifs is 3. The van der Waals surface area contributed by atoms with Crippen LogP contribution in [0.1, 0.15) is 5.56 Å². The van der Waals surface area contributed by atoms with Gasteiger partial charge in [-0.15, -0.1) is 0 Å². The summed E-state index contributed by atoms with van der Waals surface area (Å²) in [6.45, 7) is 2.14. The molecule has 0 spiro atoms. The van der Waals surface area contributed by atoms with Gasteiger partial charge in [-0.25, -0.2) is 0 Å². The molecular formula is C49H36N2. The fourth-order valence-corrected chi connectivity index (χ4v) is 7.39. The molecule has 8 aromatic carbocycles. The number of nitrogens with zero attached hydrogens (tertiary/aromatic N) is 2. The number of aromatic nitrogens is 1. The van der Waals surface area contributed by atoms with E-state index in [1.165, 1.54) is 60.8 Å². The summed E-state index contributed by atoms with van der Waals surface area (Å²) in [5.74, 6) is 0. The van der Waals surface area contributed by atoms with Crippen molar-refractivity contribution in [3.8, 4) is 39.1 Å². The Morgan fingerprint density at radius 3 is 1.49 bits per heavy atom. The summed E-state index contributed by atoms with van der Waals surface area (Å²) in [5.41, 5.74) is 15.3. The van der Waals surface area contributed by atoms with Crippen LogP contribution in [0.2, 0.25) is 0 Å². The van der Waals surface area contributed by atoms with Crippen molar-refractivity contribution in [2.24, 2.45) is 0 Å². The van der Waals surface area contributed by atoms with Crippen LogP contribution in [0.5, 0.6) is 0 Å². The van der Waals surface area contributed by atoms with Crippen molar-refractivity contribution < 1.29 is 0 Å². The fourth-order valence-electron chi connectivity index (χ4n) is 7.39. The van der Waals surface area contributed by atoms with E-state index >= 15 is 0 Å². The molecule has 51 heavy (non-hydrogen) atoms. The average Bonchev–Trinajstić information content (AvgIpc) is 3.54. The first-order valence-corrected chi connectivity index (χ1v) is 17.5. The lowest BCUT2D eigenvalue weighted by Gasteiger charge is -2.27. The van der Waals surface area contributed by atoms with Crippen LogP contribution < -0.4 is 4.90 Å². The minimum absolute atomic E-state index is 1.10. The van der Waals surface area contributed by atoms with E-state index in [-0.39, 0.29) is 0 Å². The number of benzene rings is 8. The Hall–Kier alpha value is -6.64. The zero-order chi connectivity index (χ0) is 34.1. The topological polar surface area (TPSA) is 8.17 Å². The number of anilines is 3. The van der Waals surface area contributed by atoms with E-state index in [4.69, 9.17) is 0 Å². The normalized spacial score (nSPS) is 11.2. The molecule has 0 aliphatic carbocycles. The maximum Gasteiger partial charge on any atom is 0.0562 e. The highest BCUT2D eigenvalue weighted by Gasteiger charge is 2.22. The Morgan fingerprint density at radius 1 is 0.373 bits per heavy atom. The molecule has 0 aliphatic heterocycles. The quantitative estimate of drug-likeness (QED) is 0.166. The van der Waals surface area contributed by atoms with Crippen molar-refractivity contribution >= 4 is 38.9 Å². The van der Waals surface area contributed by atoms with Gasteiger partial charge in [0.1, 0.15) is 0 Å². The summed E-state index contributed by atoms with van der Waals surface area (Å²) in [4.78, 5) is 2.41. The molecule has 2 nitrogen and oxygen atoms in total. The molecule has 1 heterocycles. The number of hydrogen-bond donors (Lipinski definition) is 0. The Morgan fingerprint density at radius 2 is 0.863 bits per heavy atom. The van der Waals surface area contributed by atoms with Crippen LogP contribution in [0.4, 0.5) is 17.1 Å². The van der Waals surface area contributed by atoms with Crippen LogP contribution in [0.3, 0.4) is 0 Å². The summed E-state index contributed by atoms with van der Waals surface area (Å²) < 4.78 is 2.44. The third-order valence-electron chi connectivity index (χ3n) is 9.89. The first-order chi connectivity index (χ1) is 25.2. The lowest BCUT2D eigenvalue weighted by Crippen LogP contribution is -2.10. The van der Waals surface area contributed by atoms with Crippen LogP contribution >= 0.6 is 0 Å². The maximum absolute atomic E-state index is 2.44. The molecule has 1 aromatic heterocycles. The van der Waals surface area contributed by atoms with Gasteiger partial charge in [0.2, 0.25) is 0 Å². The van der Waals surface area contributed by atoms with E-state index < -0.39 is 0 Å². The number of para-hydroxylation sites is 2. The van der Waals surface area contributed by atoms with E-state index in [0.29, 0.717) is 0 Å². The van der Waals surface area contributed by atoms with Crippen LogP contribution in [0.15, 0.2) is 200 Å². The molecule has 242 valence electrons. The van der Waals surface area contributed by atoms with Gasteiger partial charge in [0.05, 0.1) is 22.4 Å². The summed E-state index contributed by atoms with van der Waals surface area (Å²) >= 11 is 0. The molecule has 0 aliphatic rings. The molecule has 0 N–H and O–H groups in total. The first kappa shape index (κ1) is 30.4. The van der Waals surface area contributed by atoms with Crippen LogP contribution in [0, 0.1) is 6.92 Å². The average molecular weight is 653 g/mol. The highest BCUT2D eigenvalue weighted by atomic mass is 15.1. The third kappa shape index (κ3) is 5.57. The van der Waals surface area contributed by atoms with Crippen LogP contribution in [-0.2, 0) is 0 Å². The second-order valence-electron chi connectivity index (χ2n) is 13.1. The highest BCUT2D eigenvalue weighted by Crippen LogP contribution is 2.45. The SMILES string of the molecule is Cc1ccc(-c2ccccc2-n2c3ccccc3c3c(N(c4ccc(-c5ccccc5)cc4)c4ccc(-c5ccccc5)cc4)cccc32)cc1. The number of hydrogen-bond acceptors (Lipinski definition) is 1. The molecule has 9 rings (SSSR count). The highest BCUT2D eigenvalue weighted by molar-refractivity contribution is 6.17. The minimum atomic E-state index is 1.10. The molecule has 2 heteroatoms. The van der Waals surface area contributed by atoms with Gasteiger partial charge in [-0.3, -0.25) is 0 Å². The van der Waals surface area contributed by atoms with Crippen molar-refractivity contribution in [1.29, 1.82) is 0 Å². The van der Waals surface area contributed by atoms with Gasteiger partial charge < -0.3 is 9.47 Å². The molecule has 0 saturated carbocycles. The van der Waals surface area contributed by atoms with Crippen LogP contribution in [0.25, 0.3) is 60.9 Å². The Labute approximate surface area is 299 Å². The smallest absolute Gasteiger partial charge is 0.0562 e. The molecule has 9 aromatic rings. The van der Waals surface area contributed by atoms with E-state index in [1.54, 1.807) is 0 Å². The van der Waals surface area contributed by atoms with Gasteiger partial charge in [0, 0.05) is 27.7 Å². The number of aryl methyl sites for hydroxylation is 1. The van der Waals surface area contributed by atoms with Crippen molar-refractivity contribution in [3.05, 3.63) is 206 Å². The Bertz CT molecular complexity index is 2520. The van der Waals surface area contributed by atoms with Gasteiger partial charge in [-0.1, -0.05) is 157 Å². The van der Waals surface area contributed by atoms with Gasteiger partial charge >= 0.3 is 0 Å². The largest absolute Gasteiger partial charge is 0.310 e. The Balaban J connectivity index is 1.27. The molecule has 0 unspecified atom stereocenters. The summed E-state index contributed by atoms with van der Waals surface area (Å²) in [5, 5.41) is 2.43. The summed E-state index contributed by atoms with van der Waals surface area (Å²) in [7, 11) is 0. The molecule has 0 radical (unpaired) electrons. The van der Waals surface area contributed by atoms with Gasteiger partial charge in [0.25, 0.3) is 0 Å². The van der Waals surface area contributed by atoms with Gasteiger partial charge in [0.15, 0.2) is 0 Å². The lowest BCUT2D eigenvalue weighted by molar-refractivity contribution is 1.18. The van der Waals surface area contributed by atoms with E-state index in [2.05, 4.69) is 217 Å². The second-order valence-corrected chi connectivity index (χ2v) is 13.1. The van der Waals surface area contributed by atoms with Crippen LogP contribution in [-0.4, -0.2) is 4.57 Å². The molecule has 0 saturated heterocycles. The fraction of sp³-hybridized carbons (Fsp3) is 0.0204. The van der Waals surface area contributed by atoms with E-state index in [1.807, 2.05) is 0 Å². The minimum Gasteiger partial charge on any atom is -0.310 e. The predicted octanol–water partition coefficient (Wildman–Crippen LogP) is 13.6. The molecule has 0 fully saturated rings. The van der Waals surface area contributed by atoms with Crippen molar-refractivity contribution in [1.82, 2.24) is 4.57 Å². The van der Waals surface area contributed by atoms with Crippen molar-refractivity contribution in [2.75, 3.05) is 4.90 Å². The standard InChI is InChI=1S/C49H36N2/c1-35-23-25-40(26-24-35)43-17-8-10-19-45(43)51-46-20-11-9-18-44(46)49-47(21-12-22-48(49)51)50(41-31-27-38(28-32-41)36-13-4-2-5-14-36)42-33-29-39(30-34-42)37-15-6-3-7-16-37/h2-34H,1H3. The van der Waals surface area contributed by atoms with Gasteiger partial charge in [-0.2, -0.15) is 0 Å². The van der Waals surface area contributed by atoms with E-state index in [0.717, 1.165) is 22.7 Å². The first-order valence-electron chi connectivity index (χ1n) is 17.5. The summed E-state index contributed by atoms with van der Waals surface area (Å²) in [6.07, 6.45) is 0. The molecule has 0 bridgehead atoms. The third-order valence-corrected chi connectivity index (χ3v) is 9.89. The monoisotopic (exact) mass is 652 g/mol.